The summed E-state index contributed by atoms with van der Waals surface area (Å²) in [5, 5.41) is 22.3. The predicted molar refractivity (Wildman–Crippen MR) is 148 cm³/mol. The van der Waals surface area contributed by atoms with Crippen LogP contribution < -0.4 is 4.74 Å². The average molecular weight is 530 g/mol. The van der Waals surface area contributed by atoms with E-state index in [1.165, 1.54) is 0 Å². The Kier molecular flexibility index (Phi) is 9.39. The van der Waals surface area contributed by atoms with Gasteiger partial charge in [-0.05, 0) is 53.8 Å². The highest BCUT2D eigenvalue weighted by Crippen LogP contribution is 2.33. The van der Waals surface area contributed by atoms with Crippen molar-refractivity contribution in [3.8, 4) is 22.9 Å². The van der Waals surface area contributed by atoms with Gasteiger partial charge < -0.3 is 9.84 Å². The molecule has 3 aromatic rings. The molecule has 0 saturated carbocycles. The van der Waals surface area contributed by atoms with Crippen molar-refractivity contribution in [2.24, 2.45) is 5.18 Å². The van der Waals surface area contributed by atoms with E-state index in [1.54, 1.807) is 12.1 Å². The van der Waals surface area contributed by atoms with Crippen molar-refractivity contribution in [2.75, 3.05) is 19.8 Å². The molecule has 0 radical (unpaired) electrons. The molecule has 0 spiro atoms. The second kappa shape index (κ2) is 13.1. The molecule has 3 aromatic carbocycles. The highest BCUT2D eigenvalue weighted by atomic mass is 35.5. The first-order valence-corrected chi connectivity index (χ1v) is 12.9. The molecule has 0 bridgehead atoms. The minimum atomic E-state index is -0.660. The van der Waals surface area contributed by atoms with Gasteiger partial charge in [0, 0.05) is 17.3 Å². The van der Waals surface area contributed by atoms with E-state index in [0.717, 1.165) is 40.7 Å². The van der Waals surface area contributed by atoms with Crippen LogP contribution in [-0.4, -0.2) is 41.7 Å². The van der Waals surface area contributed by atoms with Crippen molar-refractivity contribution in [3.05, 3.63) is 92.8 Å². The van der Waals surface area contributed by atoms with Crippen LogP contribution in [0.3, 0.4) is 0 Å². The average Bonchev–Trinajstić information content (AvgIpc) is 2.96. The SMILES string of the molecule is N#Cc1c(/C=C/c2cc(OCCO)c(Cl)cc2CN2CCCCC2C(=O)N=O)cccc1-c1ccccc1. The Morgan fingerprint density at radius 2 is 1.92 bits per heavy atom. The maximum absolute atomic E-state index is 12.2. The third-order valence-corrected chi connectivity index (χ3v) is 6.94. The maximum atomic E-state index is 12.2. The molecule has 1 unspecified atom stereocenters. The highest BCUT2D eigenvalue weighted by Gasteiger charge is 2.30. The number of carbonyl (C=O) groups excluding carboxylic acids is 1. The molecule has 38 heavy (non-hydrogen) atoms. The zero-order valence-corrected chi connectivity index (χ0v) is 21.6. The lowest BCUT2D eigenvalue weighted by Gasteiger charge is -2.33. The first-order chi connectivity index (χ1) is 18.5. The molecule has 194 valence electrons. The molecule has 7 nitrogen and oxygen atoms in total. The lowest BCUT2D eigenvalue weighted by molar-refractivity contribution is -0.124. The number of ether oxygens (including phenoxy) is 1. The van der Waals surface area contributed by atoms with Gasteiger partial charge in [-0.1, -0.05) is 78.7 Å². The van der Waals surface area contributed by atoms with E-state index < -0.39 is 11.9 Å². The summed E-state index contributed by atoms with van der Waals surface area (Å²) >= 11 is 6.51. The zero-order chi connectivity index (χ0) is 26.9. The number of halogens is 1. The van der Waals surface area contributed by atoms with E-state index in [4.69, 9.17) is 16.3 Å². The molecule has 1 atom stereocenters. The van der Waals surface area contributed by atoms with Gasteiger partial charge in [0.05, 0.1) is 23.2 Å². The Bertz CT molecular complexity index is 1370. The van der Waals surface area contributed by atoms with Gasteiger partial charge in [-0.3, -0.25) is 9.69 Å². The Morgan fingerprint density at radius 1 is 1.13 bits per heavy atom. The molecular formula is C30H28ClN3O4. The van der Waals surface area contributed by atoms with Crippen LogP contribution in [0.5, 0.6) is 5.75 Å². The minimum absolute atomic E-state index is 0.0909. The summed E-state index contributed by atoms with van der Waals surface area (Å²) in [6.45, 7) is 0.985. The van der Waals surface area contributed by atoms with Crippen molar-refractivity contribution in [2.45, 2.75) is 31.8 Å². The fourth-order valence-electron chi connectivity index (χ4n) is 4.78. The third-order valence-electron chi connectivity index (χ3n) is 6.64. The van der Waals surface area contributed by atoms with Crippen LogP contribution in [0.15, 0.2) is 65.8 Å². The van der Waals surface area contributed by atoms with Crippen molar-refractivity contribution < 1.29 is 14.6 Å². The van der Waals surface area contributed by atoms with Crippen molar-refractivity contribution >= 4 is 29.7 Å². The number of nitriles is 1. The van der Waals surface area contributed by atoms with Gasteiger partial charge in [0.25, 0.3) is 0 Å². The number of carbonyl (C=O) groups is 1. The van der Waals surface area contributed by atoms with Crippen LogP contribution >= 0.6 is 11.6 Å². The van der Waals surface area contributed by atoms with Crippen molar-refractivity contribution in [3.63, 3.8) is 0 Å². The molecule has 8 heteroatoms. The van der Waals surface area contributed by atoms with Gasteiger partial charge in [-0.25, -0.2) is 0 Å². The van der Waals surface area contributed by atoms with Gasteiger partial charge in [0.2, 0.25) is 0 Å². The number of aliphatic hydroxyl groups excluding tert-OH is 1. The molecule has 1 amide bonds. The van der Waals surface area contributed by atoms with E-state index in [9.17, 15) is 20.1 Å². The van der Waals surface area contributed by atoms with Crippen LogP contribution in [0.2, 0.25) is 5.02 Å². The van der Waals surface area contributed by atoms with E-state index in [2.05, 4.69) is 11.2 Å². The maximum Gasteiger partial charge on any atom is 0.303 e. The number of amides is 1. The van der Waals surface area contributed by atoms with E-state index in [0.29, 0.717) is 35.8 Å². The summed E-state index contributed by atoms with van der Waals surface area (Å²) < 4.78 is 5.63. The first-order valence-electron chi connectivity index (χ1n) is 12.5. The van der Waals surface area contributed by atoms with Gasteiger partial charge in [-0.15, -0.1) is 4.91 Å². The van der Waals surface area contributed by atoms with Gasteiger partial charge in [0.15, 0.2) is 0 Å². The van der Waals surface area contributed by atoms with Crippen LogP contribution in [0.4, 0.5) is 0 Å². The number of aliphatic hydroxyl groups is 1. The number of hydrogen-bond acceptors (Lipinski definition) is 6. The molecular weight excluding hydrogens is 502 g/mol. The standard InChI is InChI=1S/C30H28ClN3O4/c31-27-17-24(20-34-14-5-4-11-28(34)30(36)33-37)23(18-29(27)38-16-15-35)13-12-22-9-6-10-25(26(22)19-32)21-7-2-1-3-8-21/h1-3,6-10,12-13,17-18,28,35H,4-5,11,14-16,20H2/b13-12+. The fourth-order valence-corrected chi connectivity index (χ4v) is 5.02. The lowest BCUT2D eigenvalue weighted by atomic mass is 9.95. The monoisotopic (exact) mass is 529 g/mol. The van der Waals surface area contributed by atoms with Gasteiger partial charge in [-0.2, -0.15) is 5.26 Å². The fraction of sp³-hybridized carbons (Fsp3) is 0.267. The number of nitroso groups, excluding NO2 is 1. The Morgan fingerprint density at radius 3 is 2.66 bits per heavy atom. The quantitative estimate of drug-likeness (QED) is 0.266. The number of rotatable bonds is 9. The number of likely N-dealkylation sites (tertiary alicyclic amines) is 1. The van der Waals surface area contributed by atoms with E-state index >= 15 is 0 Å². The highest BCUT2D eigenvalue weighted by molar-refractivity contribution is 6.32. The number of nitrogens with zero attached hydrogens (tertiary/aromatic N) is 3. The second-order valence-electron chi connectivity index (χ2n) is 9.05. The van der Waals surface area contributed by atoms with Crippen LogP contribution in [0, 0.1) is 16.2 Å². The van der Waals surface area contributed by atoms with Crippen LogP contribution in [0.25, 0.3) is 23.3 Å². The molecule has 1 aliphatic heterocycles. The van der Waals surface area contributed by atoms with Crippen molar-refractivity contribution in [1.29, 1.82) is 5.26 Å². The Hall–Kier alpha value is -3.83. The molecule has 1 N–H and O–H groups in total. The predicted octanol–water partition coefficient (Wildman–Crippen LogP) is 6.07. The lowest BCUT2D eigenvalue weighted by Crippen LogP contribution is -2.43. The summed E-state index contributed by atoms with van der Waals surface area (Å²) in [5.74, 6) is -0.240. The molecule has 1 saturated heterocycles. The zero-order valence-electron chi connectivity index (χ0n) is 20.8. The first kappa shape index (κ1) is 27.2. The van der Waals surface area contributed by atoms with Crippen molar-refractivity contribution in [1.82, 2.24) is 4.90 Å². The molecule has 1 aliphatic rings. The number of piperidine rings is 1. The topological polar surface area (TPSA) is 103 Å². The molecule has 0 aliphatic carbocycles. The smallest absolute Gasteiger partial charge is 0.303 e. The Labute approximate surface area is 226 Å². The largest absolute Gasteiger partial charge is 0.490 e. The van der Waals surface area contributed by atoms with Crippen LogP contribution in [-0.2, 0) is 11.3 Å². The molecule has 0 aromatic heterocycles. The van der Waals surface area contributed by atoms with E-state index in [1.807, 2.05) is 65.6 Å². The molecule has 1 heterocycles. The number of hydrogen-bond donors (Lipinski definition) is 1. The minimum Gasteiger partial charge on any atom is -0.490 e. The second-order valence-corrected chi connectivity index (χ2v) is 9.45. The summed E-state index contributed by atoms with van der Waals surface area (Å²) in [4.78, 5) is 25.1. The summed E-state index contributed by atoms with van der Waals surface area (Å²) in [7, 11) is 0. The summed E-state index contributed by atoms with van der Waals surface area (Å²) in [6.07, 6.45) is 6.12. The normalized spacial score (nSPS) is 15.8. The summed E-state index contributed by atoms with van der Waals surface area (Å²) in [5.41, 5.74) is 4.73. The number of benzene rings is 3. The molecule has 4 rings (SSSR count). The summed E-state index contributed by atoms with van der Waals surface area (Å²) in [6, 6.07) is 20.8. The van der Waals surface area contributed by atoms with Crippen LogP contribution in [0.1, 0.15) is 41.5 Å². The third kappa shape index (κ3) is 6.35. The van der Waals surface area contributed by atoms with E-state index in [-0.39, 0.29) is 13.2 Å². The molecule has 1 fully saturated rings. The van der Waals surface area contributed by atoms with Gasteiger partial charge in [0.1, 0.15) is 18.4 Å². The Balaban J connectivity index is 1.73. The van der Waals surface area contributed by atoms with Gasteiger partial charge >= 0.3 is 5.91 Å².